The molecular formula is C67H130O17P2. The van der Waals surface area contributed by atoms with Gasteiger partial charge in [0, 0.05) is 25.7 Å². The molecule has 2 unspecified atom stereocenters. The van der Waals surface area contributed by atoms with Crippen LogP contribution in [-0.2, 0) is 65.4 Å². The van der Waals surface area contributed by atoms with Gasteiger partial charge in [0.15, 0.2) is 12.2 Å². The average molecular weight is 1270 g/mol. The highest BCUT2D eigenvalue weighted by atomic mass is 31.2. The van der Waals surface area contributed by atoms with Gasteiger partial charge in [0.25, 0.3) is 0 Å². The van der Waals surface area contributed by atoms with E-state index < -0.39 is 97.5 Å². The molecule has 0 aromatic heterocycles. The third-order valence-corrected chi connectivity index (χ3v) is 17.4. The molecule has 0 saturated heterocycles. The van der Waals surface area contributed by atoms with Gasteiger partial charge in [-0.15, -0.1) is 0 Å². The Balaban J connectivity index is 5.15. The Labute approximate surface area is 524 Å². The minimum absolute atomic E-state index is 0.105. The van der Waals surface area contributed by atoms with Crippen LogP contribution in [-0.4, -0.2) is 96.7 Å². The summed E-state index contributed by atoms with van der Waals surface area (Å²) in [5.41, 5.74) is 0. The van der Waals surface area contributed by atoms with Gasteiger partial charge in [0.05, 0.1) is 26.4 Å². The van der Waals surface area contributed by atoms with Crippen LogP contribution in [0.5, 0.6) is 0 Å². The lowest BCUT2D eigenvalue weighted by molar-refractivity contribution is -0.161. The second kappa shape index (κ2) is 59.4. The van der Waals surface area contributed by atoms with Gasteiger partial charge in [-0.1, -0.05) is 286 Å². The van der Waals surface area contributed by atoms with Gasteiger partial charge in [-0.3, -0.25) is 37.3 Å². The smallest absolute Gasteiger partial charge is 0.462 e. The van der Waals surface area contributed by atoms with Gasteiger partial charge in [-0.2, -0.15) is 0 Å². The van der Waals surface area contributed by atoms with Crippen LogP contribution in [0.15, 0.2) is 0 Å². The summed E-state index contributed by atoms with van der Waals surface area (Å²) >= 11 is 0. The number of carbonyl (C=O) groups is 4. The van der Waals surface area contributed by atoms with Crippen LogP contribution in [0.1, 0.15) is 337 Å². The fourth-order valence-corrected chi connectivity index (χ4v) is 11.6. The third-order valence-electron chi connectivity index (χ3n) is 15.5. The highest BCUT2D eigenvalue weighted by molar-refractivity contribution is 7.47. The topological polar surface area (TPSA) is 237 Å². The molecule has 19 heteroatoms. The molecule has 0 aliphatic carbocycles. The van der Waals surface area contributed by atoms with Crippen LogP contribution in [0.2, 0.25) is 0 Å². The maximum Gasteiger partial charge on any atom is 0.472 e. The van der Waals surface area contributed by atoms with Crippen molar-refractivity contribution in [2.24, 2.45) is 11.8 Å². The second-order valence-corrected chi connectivity index (χ2v) is 28.1. The first-order valence-corrected chi connectivity index (χ1v) is 38.0. The predicted octanol–water partition coefficient (Wildman–Crippen LogP) is 18.8. The van der Waals surface area contributed by atoms with Crippen LogP contribution < -0.4 is 0 Å². The van der Waals surface area contributed by atoms with Crippen molar-refractivity contribution in [1.82, 2.24) is 0 Å². The zero-order valence-corrected chi connectivity index (χ0v) is 57.4. The fourth-order valence-electron chi connectivity index (χ4n) is 10.1. The maximum atomic E-state index is 13.0. The quantitative estimate of drug-likeness (QED) is 0.0222. The molecule has 510 valence electrons. The van der Waals surface area contributed by atoms with Crippen LogP contribution in [0.3, 0.4) is 0 Å². The van der Waals surface area contributed by atoms with Gasteiger partial charge in [-0.25, -0.2) is 9.13 Å². The molecule has 0 heterocycles. The Hall–Kier alpha value is -1.94. The summed E-state index contributed by atoms with van der Waals surface area (Å²) in [4.78, 5) is 72.1. The van der Waals surface area contributed by atoms with Crippen molar-refractivity contribution in [3.05, 3.63) is 0 Å². The Kier molecular flexibility index (Phi) is 58.0. The fraction of sp³-hybridized carbons (Fsp3) is 0.940. The van der Waals surface area contributed by atoms with E-state index in [2.05, 4.69) is 41.5 Å². The highest BCUT2D eigenvalue weighted by Gasteiger charge is 2.30. The van der Waals surface area contributed by atoms with Gasteiger partial charge < -0.3 is 33.8 Å². The number of hydrogen-bond donors (Lipinski definition) is 3. The number of ether oxygens (including phenoxy) is 4. The van der Waals surface area contributed by atoms with E-state index in [0.717, 1.165) is 108 Å². The molecule has 0 bridgehead atoms. The number of unbranched alkanes of at least 4 members (excludes halogenated alkanes) is 36. The summed E-state index contributed by atoms with van der Waals surface area (Å²) < 4.78 is 67.9. The van der Waals surface area contributed by atoms with Crippen molar-refractivity contribution >= 4 is 39.5 Å². The SMILES string of the molecule is CCCCCCCCCCCCC(=O)O[C@H](COC(=O)CCCCCCC)COP(=O)(O)OC[C@H](O)COP(=O)(O)OC[C@@H](COC(=O)CCCCCCCCCCCCC(C)C)OC(=O)CCCCCCCCCCCCCCCCCC(C)C. The molecule has 3 N–H and O–H groups in total. The lowest BCUT2D eigenvalue weighted by Crippen LogP contribution is -2.30. The molecule has 0 rings (SSSR count). The van der Waals surface area contributed by atoms with Gasteiger partial charge in [-0.05, 0) is 37.5 Å². The molecule has 17 nitrogen and oxygen atoms in total. The summed E-state index contributed by atoms with van der Waals surface area (Å²) in [7, 11) is -9.88. The number of phosphoric acid groups is 2. The zero-order valence-electron chi connectivity index (χ0n) is 55.6. The van der Waals surface area contributed by atoms with E-state index in [4.69, 9.17) is 37.0 Å². The van der Waals surface area contributed by atoms with E-state index in [1.165, 1.54) is 148 Å². The van der Waals surface area contributed by atoms with Crippen molar-refractivity contribution in [2.75, 3.05) is 39.6 Å². The van der Waals surface area contributed by atoms with Gasteiger partial charge >= 0.3 is 39.5 Å². The number of esters is 4. The van der Waals surface area contributed by atoms with Crippen molar-refractivity contribution in [1.29, 1.82) is 0 Å². The van der Waals surface area contributed by atoms with Crippen LogP contribution in [0, 0.1) is 11.8 Å². The number of aliphatic hydroxyl groups excluding tert-OH is 1. The summed E-state index contributed by atoms with van der Waals surface area (Å²) in [6, 6.07) is 0. The number of rotatable bonds is 66. The molecule has 0 radical (unpaired) electrons. The maximum absolute atomic E-state index is 13.0. The van der Waals surface area contributed by atoms with Crippen LogP contribution >= 0.6 is 15.6 Å². The lowest BCUT2D eigenvalue weighted by Gasteiger charge is -2.21. The molecular weight excluding hydrogens is 1140 g/mol. The van der Waals surface area contributed by atoms with E-state index in [0.29, 0.717) is 25.7 Å². The van der Waals surface area contributed by atoms with E-state index in [-0.39, 0.29) is 25.7 Å². The van der Waals surface area contributed by atoms with E-state index in [1.54, 1.807) is 0 Å². The first-order valence-electron chi connectivity index (χ1n) is 35.0. The molecule has 86 heavy (non-hydrogen) atoms. The normalized spacial score (nSPS) is 14.2. The molecule has 0 aromatic rings. The van der Waals surface area contributed by atoms with Crippen LogP contribution in [0.4, 0.5) is 0 Å². The van der Waals surface area contributed by atoms with E-state index in [1.807, 2.05) is 0 Å². The summed E-state index contributed by atoms with van der Waals surface area (Å²) in [6.07, 6.45) is 43.4. The second-order valence-electron chi connectivity index (χ2n) is 25.2. The van der Waals surface area contributed by atoms with Gasteiger partial charge in [0.2, 0.25) is 0 Å². The zero-order chi connectivity index (χ0) is 63.6. The molecule has 0 amide bonds. The number of phosphoric ester groups is 2. The summed E-state index contributed by atoms with van der Waals surface area (Å²) in [5.74, 6) is -0.579. The Bertz CT molecular complexity index is 1680. The molecule has 0 fully saturated rings. The predicted molar refractivity (Wildman–Crippen MR) is 345 cm³/mol. The Morgan fingerprint density at radius 1 is 0.314 bits per heavy atom. The molecule has 0 spiro atoms. The summed E-state index contributed by atoms with van der Waals surface area (Å²) in [5, 5.41) is 10.5. The van der Waals surface area contributed by atoms with E-state index in [9.17, 15) is 43.2 Å². The van der Waals surface area contributed by atoms with E-state index >= 15 is 0 Å². The minimum atomic E-state index is -4.95. The molecule has 0 aliphatic heterocycles. The monoisotopic (exact) mass is 1270 g/mol. The van der Waals surface area contributed by atoms with Crippen molar-refractivity contribution in [3.63, 3.8) is 0 Å². The van der Waals surface area contributed by atoms with Crippen molar-refractivity contribution in [2.45, 2.75) is 355 Å². The van der Waals surface area contributed by atoms with Gasteiger partial charge in [0.1, 0.15) is 19.3 Å². The first kappa shape index (κ1) is 84.1. The molecule has 0 aromatic carbocycles. The van der Waals surface area contributed by atoms with Crippen LogP contribution in [0.25, 0.3) is 0 Å². The summed E-state index contributed by atoms with van der Waals surface area (Å²) in [6.45, 7) is 9.45. The molecule has 0 saturated carbocycles. The third kappa shape index (κ3) is 60.9. The first-order chi connectivity index (χ1) is 41.4. The number of carbonyl (C=O) groups excluding carboxylic acids is 4. The lowest BCUT2D eigenvalue weighted by atomic mass is 10.0. The standard InChI is InChI=1S/C67H130O17P2/c1-7-9-11-13-14-15-27-33-39-45-51-66(71)83-62(55-77-64(69)49-43-35-12-10-8-2)57-81-85(73,74)79-53-61(68)54-80-86(75,76)82-58-63(56-78-65(70)50-44-38-32-28-24-23-26-31-37-42-48-60(5)6)84-67(72)52-46-40-34-29-22-20-18-16-17-19-21-25-30-36-41-47-59(3)4/h59-63,68H,7-58H2,1-6H3,(H,73,74)(H,75,76)/t61-,62+,63+/m0/s1. The minimum Gasteiger partial charge on any atom is -0.462 e. The number of hydrogen-bond acceptors (Lipinski definition) is 15. The molecule has 0 aliphatic rings. The average Bonchev–Trinajstić information content (AvgIpc) is 3.68. The number of aliphatic hydroxyl groups is 1. The highest BCUT2D eigenvalue weighted by Crippen LogP contribution is 2.45. The largest absolute Gasteiger partial charge is 0.472 e. The molecule has 5 atom stereocenters. The van der Waals surface area contributed by atoms with Crippen molar-refractivity contribution in [3.8, 4) is 0 Å². The Morgan fingerprint density at radius 2 is 0.535 bits per heavy atom. The Morgan fingerprint density at radius 3 is 0.791 bits per heavy atom. The van der Waals surface area contributed by atoms with Crippen molar-refractivity contribution < 1.29 is 80.2 Å².